The van der Waals surface area contributed by atoms with E-state index in [9.17, 15) is 8.42 Å². The van der Waals surface area contributed by atoms with E-state index < -0.39 is 10.0 Å². The van der Waals surface area contributed by atoms with Gasteiger partial charge in [0, 0.05) is 17.9 Å². The Labute approximate surface area is 139 Å². The first-order valence-electron chi connectivity index (χ1n) is 6.35. The Kier molecular flexibility index (Phi) is 5.34. The summed E-state index contributed by atoms with van der Waals surface area (Å²) in [5, 5.41) is 3.59. The van der Waals surface area contributed by atoms with Gasteiger partial charge < -0.3 is 5.32 Å². The van der Waals surface area contributed by atoms with Gasteiger partial charge in [-0.25, -0.2) is 8.42 Å². The van der Waals surface area contributed by atoms with Crippen molar-refractivity contribution in [3.63, 3.8) is 0 Å². The molecule has 0 bridgehead atoms. The average molecular weight is 357 g/mol. The van der Waals surface area contributed by atoms with Gasteiger partial charge in [-0.1, -0.05) is 29.3 Å². The van der Waals surface area contributed by atoms with E-state index in [0.29, 0.717) is 17.3 Å². The highest BCUT2D eigenvalue weighted by atomic mass is 35.5. The second-order valence-corrected chi connectivity index (χ2v) is 6.93. The minimum atomic E-state index is -3.71. The van der Waals surface area contributed by atoms with Crippen molar-refractivity contribution in [2.75, 3.05) is 16.6 Å². The summed E-state index contributed by atoms with van der Waals surface area (Å²) in [6.45, 7) is 4.25. The molecule has 0 atom stereocenters. The van der Waals surface area contributed by atoms with Crippen LogP contribution in [0.15, 0.2) is 60.0 Å². The molecule has 7 heteroatoms. The molecule has 0 aliphatic carbocycles. The van der Waals surface area contributed by atoms with Gasteiger partial charge in [0.2, 0.25) is 0 Å². The zero-order valence-electron chi connectivity index (χ0n) is 11.5. The number of hydrogen-bond donors (Lipinski definition) is 2. The summed E-state index contributed by atoms with van der Waals surface area (Å²) in [4.78, 5) is 0.0516. The molecule has 2 rings (SSSR count). The first kappa shape index (κ1) is 16.7. The number of rotatable bonds is 6. The van der Waals surface area contributed by atoms with Crippen LogP contribution in [0.3, 0.4) is 0 Å². The van der Waals surface area contributed by atoms with Crippen LogP contribution in [0, 0.1) is 0 Å². The maximum Gasteiger partial charge on any atom is 0.261 e. The lowest BCUT2D eigenvalue weighted by molar-refractivity contribution is 0.601. The van der Waals surface area contributed by atoms with Crippen LogP contribution >= 0.6 is 23.2 Å². The minimum absolute atomic E-state index is 0.0516. The molecule has 0 spiro atoms. The van der Waals surface area contributed by atoms with Gasteiger partial charge in [0.05, 0.1) is 14.9 Å². The van der Waals surface area contributed by atoms with E-state index in [1.165, 1.54) is 18.2 Å². The highest BCUT2D eigenvalue weighted by Gasteiger charge is 2.15. The lowest BCUT2D eigenvalue weighted by atomic mass is 10.3. The number of hydrogen-bond acceptors (Lipinski definition) is 3. The van der Waals surface area contributed by atoms with Crippen molar-refractivity contribution in [3.05, 3.63) is 65.2 Å². The topological polar surface area (TPSA) is 58.2 Å². The van der Waals surface area contributed by atoms with Crippen LogP contribution in [0.2, 0.25) is 10.0 Å². The first-order valence-corrected chi connectivity index (χ1v) is 8.59. The van der Waals surface area contributed by atoms with Crippen molar-refractivity contribution < 1.29 is 8.42 Å². The van der Waals surface area contributed by atoms with Crippen molar-refractivity contribution in [2.45, 2.75) is 4.90 Å². The SMILES string of the molecule is C=CCNc1ccc(NS(=O)(=O)c2ccc(Cl)c(Cl)c2)cc1. The normalized spacial score (nSPS) is 11.0. The molecule has 0 aliphatic heterocycles. The summed E-state index contributed by atoms with van der Waals surface area (Å²) in [5.74, 6) is 0. The molecule has 2 N–H and O–H groups in total. The number of sulfonamides is 1. The first-order chi connectivity index (χ1) is 10.4. The predicted octanol–water partition coefficient (Wildman–Crippen LogP) is 4.39. The van der Waals surface area contributed by atoms with Crippen molar-refractivity contribution in [1.82, 2.24) is 0 Å². The zero-order chi connectivity index (χ0) is 16.2. The molecule has 2 aromatic rings. The Hall–Kier alpha value is -1.69. The number of anilines is 2. The molecule has 4 nitrogen and oxygen atoms in total. The van der Waals surface area contributed by atoms with Crippen LogP contribution in [-0.2, 0) is 10.0 Å². The molecular weight excluding hydrogens is 343 g/mol. The molecule has 0 aromatic heterocycles. The van der Waals surface area contributed by atoms with Crippen LogP contribution in [0.4, 0.5) is 11.4 Å². The van der Waals surface area contributed by atoms with Crippen molar-refractivity contribution in [2.24, 2.45) is 0 Å². The van der Waals surface area contributed by atoms with Crippen LogP contribution in [0.25, 0.3) is 0 Å². The van der Waals surface area contributed by atoms with E-state index in [0.717, 1.165) is 5.69 Å². The molecule has 116 valence electrons. The van der Waals surface area contributed by atoms with E-state index in [4.69, 9.17) is 23.2 Å². The van der Waals surface area contributed by atoms with Gasteiger partial charge >= 0.3 is 0 Å². The Morgan fingerprint density at radius 2 is 1.64 bits per heavy atom. The summed E-state index contributed by atoms with van der Waals surface area (Å²) in [5.41, 5.74) is 1.33. The summed E-state index contributed by atoms with van der Waals surface area (Å²) < 4.78 is 27.0. The quantitative estimate of drug-likeness (QED) is 0.754. The number of nitrogens with one attached hydrogen (secondary N) is 2. The maximum absolute atomic E-state index is 12.3. The van der Waals surface area contributed by atoms with Gasteiger partial charge in [0.15, 0.2) is 0 Å². The smallest absolute Gasteiger partial charge is 0.261 e. The van der Waals surface area contributed by atoms with Crippen LogP contribution in [0.1, 0.15) is 0 Å². The van der Waals surface area contributed by atoms with E-state index in [1.54, 1.807) is 30.3 Å². The van der Waals surface area contributed by atoms with E-state index in [2.05, 4.69) is 16.6 Å². The monoisotopic (exact) mass is 356 g/mol. The molecule has 0 aliphatic rings. The molecule has 2 aromatic carbocycles. The molecule has 0 unspecified atom stereocenters. The van der Waals surface area contributed by atoms with Gasteiger partial charge in [-0.2, -0.15) is 0 Å². The fraction of sp³-hybridized carbons (Fsp3) is 0.0667. The van der Waals surface area contributed by atoms with Gasteiger partial charge in [-0.15, -0.1) is 6.58 Å². The van der Waals surface area contributed by atoms with E-state index >= 15 is 0 Å². The molecule has 0 saturated carbocycles. The largest absolute Gasteiger partial charge is 0.382 e. The lowest BCUT2D eigenvalue weighted by Gasteiger charge is -2.10. The Morgan fingerprint density at radius 1 is 1.00 bits per heavy atom. The van der Waals surface area contributed by atoms with Gasteiger partial charge in [-0.05, 0) is 42.5 Å². The summed E-state index contributed by atoms with van der Waals surface area (Å²) in [7, 11) is -3.71. The summed E-state index contributed by atoms with van der Waals surface area (Å²) in [6.07, 6.45) is 1.74. The standard InChI is InChI=1S/C15H14Cl2N2O2S/c1-2-9-18-11-3-5-12(6-4-11)19-22(20,21)13-7-8-14(16)15(17)10-13/h2-8,10,18-19H,1,9H2. The third-order valence-electron chi connectivity index (χ3n) is 2.79. The highest BCUT2D eigenvalue weighted by Crippen LogP contribution is 2.26. The van der Waals surface area contributed by atoms with Crippen LogP contribution < -0.4 is 10.0 Å². The molecule has 0 fully saturated rings. The maximum atomic E-state index is 12.3. The Bertz CT molecular complexity index is 775. The average Bonchev–Trinajstić information content (AvgIpc) is 2.49. The van der Waals surface area contributed by atoms with E-state index in [1.807, 2.05) is 0 Å². The van der Waals surface area contributed by atoms with Crippen LogP contribution in [0.5, 0.6) is 0 Å². The lowest BCUT2D eigenvalue weighted by Crippen LogP contribution is -2.13. The zero-order valence-corrected chi connectivity index (χ0v) is 13.8. The Morgan fingerprint density at radius 3 is 2.23 bits per heavy atom. The molecule has 0 radical (unpaired) electrons. The third-order valence-corrected chi connectivity index (χ3v) is 4.91. The Balaban J connectivity index is 2.17. The summed E-state index contributed by atoms with van der Waals surface area (Å²) in [6, 6.07) is 11.0. The number of benzene rings is 2. The van der Waals surface area contributed by atoms with Crippen molar-refractivity contribution in [3.8, 4) is 0 Å². The van der Waals surface area contributed by atoms with Gasteiger partial charge in [0.1, 0.15) is 0 Å². The molecule has 0 saturated heterocycles. The molecular formula is C15H14Cl2N2O2S. The highest BCUT2D eigenvalue weighted by molar-refractivity contribution is 7.92. The van der Waals surface area contributed by atoms with Gasteiger partial charge in [0.25, 0.3) is 10.0 Å². The predicted molar refractivity (Wildman–Crippen MR) is 92.4 cm³/mol. The minimum Gasteiger partial charge on any atom is -0.382 e. The second kappa shape index (κ2) is 7.05. The third kappa shape index (κ3) is 4.16. The molecule has 0 heterocycles. The fourth-order valence-corrected chi connectivity index (χ4v) is 3.15. The van der Waals surface area contributed by atoms with Crippen molar-refractivity contribution >= 4 is 44.6 Å². The second-order valence-electron chi connectivity index (χ2n) is 4.43. The van der Waals surface area contributed by atoms with Crippen molar-refractivity contribution in [1.29, 1.82) is 0 Å². The van der Waals surface area contributed by atoms with Gasteiger partial charge in [-0.3, -0.25) is 4.72 Å². The molecule has 22 heavy (non-hydrogen) atoms. The van der Waals surface area contributed by atoms with Crippen LogP contribution in [-0.4, -0.2) is 15.0 Å². The molecule has 0 amide bonds. The fourth-order valence-electron chi connectivity index (χ4n) is 1.70. The van der Waals surface area contributed by atoms with E-state index in [-0.39, 0.29) is 9.92 Å². The summed E-state index contributed by atoms with van der Waals surface area (Å²) >= 11 is 11.6. The number of halogens is 2.